The molecule has 1 amide bonds. The van der Waals surface area contributed by atoms with E-state index < -0.39 is 12.0 Å². The molecule has 1 aliphatic heterocycles. The van der Waals surface area contributed by atoms with E-state index in [1.165, 1.54) is 0 Å². The fraction of sp³-hybridized carbons (Fsp3) is 0.833. The number of amides is 1. The van der Waals surface area contributed by atoms with E-state index in [-0.39, 0.29) is 18.1 Å². The first-order valence-electron chi connectivity index (χ1n) is 6.20. The SMILES string of the molecule is CCC(NC(=O)CCC1CCC(C)O1)C(=O)O. The molecule has 1 aliphatic rings. The maximum Gasteiger partial charge on any atom is 0.326 e. The number of carboxylic acids is 1. The van der Waals surface area contributed by atoms with Crippen LogP contribution in [0.1, 0.15) is 46.0 Å². The first-order chi connectivity index (χ1) is 8.02. The molecule has 0 radical (unpaired) electrons. The summed E-state index contributed by atoms with van der Waals surface area (Å²) in [6, 6.07) is -0.772. The van der Waals surface area contributed by atoms with Gasteiger partial charge in [-0.05, 0) is 32.6 Å². The summed E-state index contributed by atoms with van der Waals surface area (Å²) >= 11 is 0. The van der Waals surface area contributed by atoms with Crippen LogP contribution in [-0.4, -0.2) is 35.2 Å². The van der Waals surface area contributed by atoms with Gasteiger partial charge in [0, 0.05) is 6.42 Å². The molecule has 1 saturated heterocycles. The number of hydrogen-bond donors (Lipinski definition) is 2. The van der Waals surface area contributed by atoms with Gasteiger partial charge in [-0.15, -0.1) is 0 Å². The fourth-order valence-corrected chi connectivity index (χ4v) is 1.99. The van der Waals surface area contributed by atoms with Crippen molar-refractivity contribution < 1.29 is 19.4 Å². The topological polar surface area (TPSA) is 75.6 Å². The molecule has 2 N–H and O–H groups in total. The van der Waals surface area contributed by atoms with Crippen LogP contribution in [0, 0.1) is 0 Å². The summed E-state index contributed by atoms with van der Waals surface area (Å²) in [6.07, 6.45) is 3.88. The number of hydrogen-bond acceptors (Lipinski definition) is 3. The predicted octanol–water partition coefficient (Wildman–Crippen LogP) is 1.31. The molecule has 98 valence electrons. The second-order valence-corrected chi connectivity index (χ2v) is 4.55. The van der Waals surface area contributed by atoms with Gasteiger partial charge in [0.1, 0.15) is 6.04 Å². The zero-order chi connectivity index (χ0) is 12.8. The molecule has 0 aromatic carbocycles. The lowest BCUT2D eigenvalue weighted by molar-refractivity contribution is -0.142. The Morgan fingerprint density at radius 1 is 1.47 bits per heavy atom. The van der Waals surface area contributed by atoms with E-state index in [1.54, 1.807) is 6.92 Å². The smallest absolute Gasteiger partial charge is 0.326 e. The fourth-order valence-electron chi connectivity index (χ4n) is 1.99. The van der Waals surface area contributed by atoms with Gasteiger partial charge in [-0.25, -0.2) is 4.79 Å². The summed E-state index contributed by atoms with van der Waals surface area (Å²) in [4.78, 5) is 22.3. The first-order valence-corrected chi connectivity index (χ1v) is 6.20. The molecule has 5 nitrogen and oxygen atoms in total. The molecule has 17 heavy (non-hydrogen) atoms. The van der Waals surface area contributed by atoms with E-state index in [9.17, 15) is 9.59 Å². The Labute approximate surface area is 102 Å². The molecule has 1 fully saturated rings. The average molecular weight is 243 g/mol. The molecular weight excluding hydrogens is 222 g/mol. The lowest BCUT2D eigenvalue weighted by atomic mass is 10.1. The van der Waals surface area contributed by atoms with Gasteiger partial charge in [0.25, 0.3) is 0 Å². The second-order valence-electron chi connectivity index (χ2n) is 4.55. The summed E-state index contributed by atoms with van der Waals surface area (Å²) < 4.78 is 5.59. The van der Waals surface area contributed by atoms with Crippen LogP contribution < -0.4 is 5.32 Å². The first kappa shape index (κ1) is 14.0. The number of carboxylic acid groups (broad SMARTS) is 1. The van der Waals surface area contributed by atoms with Gasteiger partial charge < -0.3 is 15.2 Å². The van der Waals surface area contributed by atoms with Crippen LogP contribution in [0.4, 0.5) is 0 Å². The molecular formula is C12H21NO4. The molecule has 0 bridgehead atoms. The Balaban J connectivity index is 2.23. The highest BCUT2D eigenvalue weighted by atomic mass is 16.5. The molecule has 3 atom stereocenters. The third-order valence-corrected chi connectivity index (χ3v) is 3.05. The minimum absolute atomic E-state index is 0.153. The van der Waals surface area contributed by atoms with Crippen LogP contribution in [-0.2, 0) is 14.3 Å². The Morgan fingerprint density at radius 3 is 2.65 bits per heavy atom. The maximum absolute atomic E-state index is 11.5. The van der Waals surface area contributed by atoms with E-state index in [0.717, 1.165) is 12.8 Å². The van der Waals surface area contributed by atoms with E-state index >= 15 is 0 Å². The molecule has 0 aliphatic carbocycles. The van der Waals surface area contributed by atoms with Crippen LogP contribution >= 0.6 is 0 Å². The molecule has 0 spiro atoms. The van der Waals surface area contributed by atoms with Gasteiger partial charge in [0.2, 0.25) is 5.91 Å². The van der Waals surface area contributed by atoms with Crippen LogP contribution in [0.2, 0.25) is 0 Å². The van der Waals surface area contributed by atoms with Crippen molar-refractivity contribution >= 4 is 11.9 Å². The number of nitrogens with one attached hydrogen (secondary N) is 1. The quantitative estimate of drug-likeness (QED) is 0.737. The van der Waals surface area contributed by atoms with E-state index in [4.69, 9.17) is 9.84 Å². The summed E-state index contributed by atoms with van der Waals surface area (Å²) in [5.41, 5.74) is 0. The number of ether oxygens (including phenoxy) is 1. The Morgan fingerprint density at radius 2 is 2.18 bits per heavy atom. The van der Waals surface area contributed by atoms with Crippen molar-refractivity contribution in [2.45, 2.75) is 64.2 Å². The van der Waals surface area contributed by atoms with E-state index in [2.05, 4.69) is 5.32 Å². The van der Waals surface area contributed by atoms with Crippen molar-refractivity contribution in [1.82, 2.24) is 5.32 Å². The monoisotopic (exact) mass is 243 g/mol. The average Bonchev–Trinajstić information content (AvgIpc) is 2.68. The van der Waals surface area contributed by atoms with Crippen molar-refractivity contribution in [3.05, 3.63) is 0 Å². The number of carbonyl (C=O) groups excluding carboxylic acids is 1. The summed E-state index contributed by atoms with van der Waals surface area (Å²) in [7, 11) is 0. The summed E-state index contributed by atoms with van der Waals surface area (Å²) in [5, 5.41) is 11.3. The van der Waals surface area contributed by atoms with E-state index in [0.29, 0.717) is 19.3 Å². The molecule has 1 rings (SSSR count). The zero-order valence-electron chi connectivity index (χ0n) is 10.4. The van der Waals surface area contributed by atoms with Crippen LogP contribution in [0.3, 0.4) is 0 Å². The van der Waals surface area contributed by atoms with Crippen molar-refractivity contribution in [1.29, 1.82) is 0 Å². The van der Waals surface area contributed by atoms with E-state index in [1.807, 2.05) is 6.92 Å². The van der Waals surface area contributed by atoms with Gasteiger partial charge in [-0.3, -0.25) is 4.79 Å². The van der Waals surface area contributed by atoms with Crippen LogP contribution in [0.15, 0.2) is 0 Å². The van der Waals surface area contributed by atoms with Gasteiger partial charge in [0.15, 0.2) is 0 Å². The Hall–Kier alpha value is -1.10. The molecule has 0 aromatic heterocycles. The highest BCUT2D eigenvalue weighted by Gasteiger charge is 2.23. The van der Waals surface area contributed by atoms with Crippen LogP contribution in [0.25, 0.3) is 0 Å². The zero-order valence-corrected chi connectivity index (χ0v) is 10.4. The second kappa shape index (κ2) is 6.59. The van der Waals surface area contributed by atoms with Crippen molar-refractivity contribution in [2.75, 3.05) is 0 Å². The number of aliphatic carboxylic acids is 1. The van der Waals surface area contributed by atoms with Gasteiger partial charge in [-0.1, -0.05) is 6.92 Å². The highest BCUT2D eigenvalue weighted by molar-refractivity contribution is 5.83. The molecule has 5 heteroatoms. The van der Waals surface area contributed by atoms with Gasteiger partial charge in [0.05, 0.1) is 12.2 Å². The molecule has 1 heterocycles. The summed E-state index contributed by atoms with van der Waals surface area (Å²) in [5.74, 6) is -1.19. The molecule has 0 saturated carbocycles. The van der Waals surface area contributed by atoms with Crippen molar-refractivity contribution in [3.63, 3.8) is 0 Å². The third-order valence-electron chi connectivity index (χ3n) is 3.05. The minimum Gasteiger partial charge on any atom is -0.480 e. The number of rotatable bonds is 6. The highest BCUT2D eigenvalue weighted by Crippen LogP contribution is 2.22. The van der Waals surface area contributed by atoms with Gasteiger partial charge in [-0.2, -0.15) is 0 Å². The minimum atomic E-state index is -0.980. The third kappa shape index (κ3) is 4.73. The summed E-state index contributed by atoms with van der Waals surface area (Å²) in [6.45, 7) is 3.76. The van der Waals surface area contributed by atoms with Crippen molar-refractivity contribution in [2.24, 2.45) is 0 Å². The lowest BCUT2D eigenvalue weighted by Gasteiger charge is -2.14. The number of carbonyl (C=O) groups is 2. The lowest BCUT2D eigenvalue weighted by Crippen LogP contribution is -2.40. The molecule has 3 unspecified atom stereocenters. The normalized spacial score (nSPS) is 25.5. The van der Waals surface area contributed by atoms with Gasteiger partial charge >= 0.3 is 5.97 Å². The maximum atomic E-state index is 11.5. The Kier molecular flexibility index (Phi) is 5.41. The Bertz CT molecular complexity index is 280. The largest absolute Gasteiger partial charge is 0.480 e. The predicted molar refractivity (Wildman–Crippen MR) is 62.7 cm³/mol. The molecule has 0 aromatic rings. The van der Waals surface area contributed by atoms with Crippen LogP contribution in [0.5, 0.6) is 0 Å². The van der Waals surface area contributed by atoms with Crippen molar-refractivity contribution in [3.8, 4) is 0 Å². The standard InChI is InChI=1S/C12H21NO4/c1-3-10(12(15)16)13-11(14)7-6-9-5-4-8(2)17-9/h8-10H,3-7H2,1-2H3,(H,13,14)(H,15,16).